The van der Waals surface area contributed by atoms with E-state index in [9.17, 15) is 8.78 Å². The Labute approximate surface area is 85.1 Å². The molecule has 0 fully saturated rings. The molecule has 0 radical (unpaired) electrons. The predicted octanol–water partition coefficient (Wildman–Crippen LogP) is 4.51. The van der Waals surface area contributed by atoms with Crippen LogP contribution < -0.4 is 0 Å². The molecule has 3 heteroatoms. The molecule has 0 saturated heterocycles. The number of hydrogen-bond acceptors (Lipinski definition) is 0. The number of alkyl halides is 2. The summed E-state index contributed by atoms with van der Waals surface area (Å²) in [4.78, 5) is 0. The zero-order valence-electron chi connectivity index (χ0n) is 7.52. The van der Waals surface area contributed by atoms with E-state index in [0.717, 1.165) is 10.0 Å². The minimum atomic E-state index is -2.38. The Morgan fingerprint density at radius 1 is 1.23 bits per heavy atom. The summed E-state index contributed by atoms with van der Waals surface area (Å²) in [5.41, 5.74) is 1.02. The maximum atomic E-state index is 12.3. The van der Waals surface area contributed by atoms with Crippen molar-refractivity contribution < 1.29 is 8.78 Å². The van der Waals surface area contributed by atoms with Gasteiger partial charge in [-0.25, -0.2) is 8.78 Å². The Bertz CT molecular complexity index is 295. The average molecular weight is 249 g/mol. The van der Waals surface area contributed by atoms with Crippen LogP contribution in [0.2, 0.25) is 0 Å². The van der Waals surface area contributed by atoms with Crippen LogP contribution in [0.4, 0.5) is 8.78 Å². The molecule has 72 valence electrons. The second kappa shape index (κ2) is 4.18. The van der Waals surface area contributed by atoms with Crippen molar-refractivity contribution in [1.82, 2.24) is 0 Å². The SMILES string of the molecule is CC(C)c1cc(C(F)F)ccc1Br. The Morgan fingerprint density at radius 2 is 1.85 bits per heavy atom. The fraction of sp³-hybridized carbons (Fsp3) is 0.400. The molecular weight excluding hydrogens is 238 g/mol. The largest absolute Gasteiger partial charge is 0.263 e. The van der Waals surface area contributed by atoms with Crippen molar-refractivity contribution in [2.24, 2.45) is 0 Å². The fourth-order valence-corrected chi connectivity index (χ4v) is 1.84. The molecule has 0 aliphatic rings. The van der Waals surface area contributed by atoms with Gasteiger partial charge in [0.1, 0.15) is 0 Å². The van der Waals surface area contributed by atoms with E-state index in [1.807, 2.05) is 13.8 Å². The summed E-state index contributed by atoms with van der Waals surface area (Å²) < 4.78 is 25.5. The van der Waals surface area contributed by atoms with Gasteiger partial charge < -0.3 is 0 Å². The van der Waals surface area contributed by atoms with Crippen LogP contribution in [0, 0.1) is 0 Å². The second-order valence-electron chi connectivity index (χ2n) is 3.24. The summed E-state index contributed by atoms with van der Waals surface area (Å²) in [5.74, 6) is 0.257. The van der Waals surface area contributed by atoms with Crippen molar-refractivity contribution in [3.63, 3.8) is 0 Å². The third-order valence-corrected chi connectivity index (χ3v) is 2.62. The van der Waals surface area contributed by atoms with Crippen molar-refractivity contribution >= 4 is 15.9 Å². The molecule has 0 saturated carbocycles. The number of rotatable bonds is 2. The van der Waals surface area contributed by atoms with Crippen molar-refractivity contribution in [3.8, 4) is 0 Å². The van der Waals surface area contributed by atoms with Crippen LogP contribution in [0.1, 0.15) is 37.3 Å². The maximum absolute atomic E-state index is 12.3. The van der Waals surface area contributed by atoms with Crippen molar-refractivity contribution in [3.05, 3.63) is 33.8 Å². The van der Waals surface area contributed by atoms with Crippen molar-refractivity contribution in [1.29, 1.82) is 0 Å². The molecule has 0 nitrogen and oxygen atoms in total. The molecule has 0 bridgehead atoms. The zero-order chi connectivity index (χ0) is 10.0. The minimum Gasteiger partial charge on any atom is -0.205 e. The lowest BCUT2D eigenvalue weighted by molar-refractivity contribution is 0.151. The van der Waals surface area contributed by atoms with Crippen LogP contribution in [0.15, 0.2) is 22.7 Å². The summed E-state index contributed by atoms with van der Waals surface area (Å²) in [7, 11) is 0. The van der Waals surface area contributed by atoms with Crippen LogP contribution in [-0.2, 0) is 0 Å². The molecule has 0 spiro atoms. The normalized spacial score (nSPS) is 11.3. The van der Waals surface area contributed by atoms with Gasteiger partial charge in [0.05, 0.1) is 0 Å². The van der Waals surface area contributed by atoms with Gasteiger partial charge in [0.25, 0.3) is 6.43 Å². The minimum absolute atomic E-state index is 0.0897. The van der Waals surface area contributed by atoms with Crippen LogP contribution in [0.5, 0.6) is 0 Å². The van der Waals surface area contributed by atoms with Crippen LogP contribution >= 0.6 is 15.9 Å². The van der Waals surface area contributed by atoms with Gasteiger partial charge in [0, 0.05) is 10.0 Å². The first kappa shape index (κ1) is 10.6. The summed E-state index contributed by atoms with van der Waals surface area (Å²) in [6, 6.07) is 4.68. The van der Waals surface area contributed by atoms with E-state index in [1.54, 1.807) is 12.1 Å². The monoisotopic (exact) mass is 248 g/mol. The first-order valence-corrected chi connectivity index (χ1v) is 4.89. The highest BCUT2D eigenvalue weighted by Gasteiger charge is 2.11. The zero-order valence-corrected chi connectivity index (χ0v) is 9.11. The lowest BCUT2D eigenvalue weighted by Crippen LogP contribution is -1.92. The first-order chi connectivity index (χ1) is 6.02. The molecule has 0 aliphatic carbocycles. The Kier molecular flexibility index (Phi) is 3.42. The number of benzene rings is 1. The molecule has 0 aliphatic heterocycles. The number of halogens is 3. The number of hydrogen-bond donors (Lipinski definition) is 0. The summed E-state index contributed by atoms with van der Waals surface area (Å²) >= 11 is 3.34. The second-order valence-corrected chi connectivity index (χ2v) is 4.09. The Balaban J connectivity index is 3.11. The highest BCUT2D eigenvalue weighted by molar-refractivity contribution is 9.10. The lowest BCUT2D eigenvalue weighted by Gasteiger charge is -2.10. The maximum Gasteiger partial charge on any atom is 0.263 e. The molecule has 0 amide bonds. The van der Waals surface area contributed by atoms with Gasteiger partial charge in [0.2, 0.25) is 0 Å². The quantitative estimate of drug-likeness (QED) is 0.723. The van der Waals surface area contributed by atoms with Gasteiger partial charge in [-0.15, -0.1) is 0 Å². The molecule has 0 aromatic heterocycles. The van der Waals surface area contributed by atoms with Crippen LogP contribution in [0.25, 0.3) is 0 Å². The Hall–Kier alpha value is -0.440. The third kappa shape index (κ3) is 2.50. The molecule has 1 aromatic rings. The molecular formula is C10H11BrF2. The van der Waals surface area contributed by atoms with Gasteiger partial charge in [-0.3, -0.25) is 0 Å². The first-order valence-electron chi connectivity index (χ1n) is 4.10. The highest BCUT2D eigenvalue weighted by Crippen LogP contribution is 2.29. The van der Waals surface area contributed by atoms with E-state index >= 15 is 0 Å². The molecule has 1 aromatic carbocycles. The van der Waals surface area contributed by atoms with E-state index in [2.05, 4.69) is 15.9 Å². The standard InChI is InChI=1S/C10H11BrF2/c1-6(2)8-5-7(10(12)13)3-4-9(8)11/h3-6,10H,1-2H3. The molecule has 0 unspecified atom stereocenters. The van der Waals surface area contributed by atoms with Crippen molar-refractivity contribution in [2.75, 3.05) is 0 Å². The van der Waals surface area contributed by atoms with E-state index in [0.29, 0.717) is 0 Å². The van der Waals surface area contributed by atoms with Crippen molar-refractivity contribution in [2.45, 2.75) is 26.2 Å². The lowest BCUT2D eigenvalue weighted by atomic mass is 10.0. The molecule has 0 atom stereocenters. The van der Waals surface area contributed by atoms with Gasteiger partial charge >= 0.3 is 0 Å². The smallest absolute Gasteiger partial charge is 0.205 e. The third-order valence-electron chi connectivity index (χ3n) is 1.89. The van der Waals surface area contributed by atoms with Crippen LogP contribution in [-0.4, -0.2) is 0 Å². The Morgan fingerprint density at radius 3 is 2.31 bits per heavy atom. The molecule has 13 heavy (non-hydrogen) atoms. The fourth-order valence-electron chi connectivity index (χ4n) is 1.14. The van der Waals surface area contributed by atoms with Gasteiger partial charge in [-0.05, 0) is 23.6 Å². The topological polar surface area (TPSA) is 0 Å². The van der Waals surface area contributed by atoms with E-state index in [1.165, 1.54) is 6.07 Å². The summed E-state index contributed by atoms with van der Waals surface area (Å²) in [6.07, 6.45) is -2.38. The summed E-state index contributed by atoms with van der Waals surface area (Å²) in [6.45, 7) is 3.96. The van der Waals surface area contributed by atoms with E-state index in [-0.39, 0.29) is 11.5 Å². The molecule has 0 N–H and O–H groups in total. The summed E-state index contributed by atoms with van der Waals surface area (Å²) in [5, 5.41) is 0. The van der Waals surface area contributed by atoms with Gasteiger partial charge in [-0.1, -0.05) is 35.8 Å². The van der Waals surface area contributed by atoms with E-state index in [4.69, 9.17) is 0 Å². The van der Waals surface area contributed by atoms with Gasteiger partial charge in [-0.2, -0.15) is 0 Å². The predicted molar refractivity (Wildman–Crippen MR) is 53.2 cm³/mol. The highest BCUT2D eigenvalue weighted by atomic mass is 79.9. The molecule has 0 heterocycles. The van der Waals surface area contributed by atoms with E-state index < -0.39 is 6.43 Å². The molecule has 1 rings (SSSR count). The van der Waals surface area contributed by atoms with Crippen LogP contribution in [0.3, 0.4) is 0 Å². The van der Waals surface area contributed by atoms with Gasteiger partial charge in [0.15, 0.2) is 0 Å². The average Bonchev–Trinajstić information content (AvgIpc) is 2.04.